The summed E-state index contributed by atoms with van der Waals surface area (Å²) in [6.45, 7) is 4.53. The predicted octanol–water partition coefficient (Wildman–Crippen LogP) is 3.05. The monoisotopic (exact) mass is 353 g/mol. The van der Waals surface area contributed by atoms with Crippen LogP contribution in [0.5, 0.6) is 5.75 Å². The van der Waals surface area contributed by atoms with Gasteiger partial charge in [-0.15, -0.1) is 0 Å². The largest absolute Gasteiger partial charge is 0.494 e. The average molecular weight is 354 g/mol. The Balaban J connectivity index is 3.17. The number of amides is 1. The molecule has 5 nitrogen and oxygen atoms in total. The number of hydrogen-bond acceptors (Lipinski definition) is 4. The summed E-state index contributed by atoms with van der Waals surface area (Å²) in [5.41, 5.74) is 0.0352. The van der Waals surface area contributed by atoms with Crippen LogP contribution in [0.15, 0.2) is 17.0 Å². The SMILES string of the molecule is COc1c(C(=O)NCCC(C)C)cc(Cl)cc1S(=O)(=O)Cl. The number of carbonyl (C=O) groups excluding carboxylic acids is 1. The molecule has 1 amide bonds. The molecule has 0 aliphatic heterocycles. The van der Waals surface area contributed by atoms with Gasteiger partial charge in [-0.3, -0.25) is 4.79 Å². The van der Waals surface area contributed by atoms with Crippen LogP contribution in [0.25, 0.3) is 0 Å². The van der Waals surface area contributed by atoms with Gasteiger partial charge in [0.2, 0.25) is 0 Å². The zero-order valence-corrected chi connectivity index (χ0v) is 14.3. The topological polar surface area (TPSA) is 72.5 Å². The maximum atomic E-state index is 12.1. The van der Waals surface area contributed by atoms with E-state index in [1.807, 2.05) is 13.8 Å². The Kier molecular flexibility index (Phi) is 6.31. The molecule has 0 saturated heterocycles. The van der Waals surface area contributed by atoms with Crippen molar-refractivity contribution in [2.45, 2.75) is 25.2 Å². The summed E-state index contributed by atoms with van der Waals surface area (Å²) in [7, 11) is 2.53. The van der Waals surface area contributed by atoms with Gasteiger partial charge in [-0.1, -0.05) is 25.4 Å². The summed E-state index contributed by atoms with van der Waals surface area (Å²) in [5.74, 6) is -0.140. The molecule has 0 aliphatic rings. The smallest absolute Gasteiger partial charge is 0.265 e. The molecule has 118 valence electrons. The summed E-state index contributed by atoms with van der Waals surface area (Å²) in [5, 5.41) is 2.78. The fraction of sp³-hybridized carbons (Fsp3) is 0.462. The van der Waals surface area contributed by atoms with Crippen molar-refractivity contribution < 1.29 is 17.9 Å². The van der Waals surface area contributed by atoms with Crippen LogP contribution in [0.4, 0.5) is 0 Å². The highest BCUT2D eigenvalue weighted by molar-refractivity contribution is 8.13. The van der Waals surface area contributed by atoms with Crippen molar-refractivity contribution in [3.63, 3.8) is 0 Å². The quantitative estimate of drug-likeness (QED) is 0.797. The van der Waals surface area contributed by atoms with Crippen LogP contribution in [-0.2, 0) is 9.05 Å². The number of halogens is 2. The molecule has 0 heterocycles. The normalized spacial score (nSPS) is 11.5. The number of methoxy groups -OCH3 is 1. The third kappa shape index (κ3) is 5.05. The Morgan fingerprint density at radius 3 is 2.48 bits per heavy atom. The summed E-state index contributed by atoms with van der Waals surface area (Å²) in [6, 6.07) is 2.49. The summed E-state index contributed by atoms with van der Waals surface area (Å²) in [4.78, 5) is 11.8. The molecule has 0 atom stereocenters. The van der Waals surface area contributed by atoms with E-state index in [1.165, 1.54) is 13.2 Å². The first-order valence-corrected chi connectivity index (χ1v) is 8.96. The molecule has 0 saturated carbocycles. The van der Waals surface area contributed by atoms with Gasteiger partial charge in [-0.25, -0.2) is 8.42 Å². The van der Waals surface area contributed by atoms with E-state index in [0.29, 0.717) is 12.5 Å². The molecule has 21 heavy (non-hydrogen) atoms. The number of benzene rings is 1. The average Bonchev–Trinajstić information content (AvgIpc) is 2.36. The van der Waals surface area contributed by atoms with Crippen LogP contribution in [-0.4, -0.2) is 28.0 Å². The van der Waals surface area contributed by atoms with E-state index < -0.39 is 15.0 Å². The molecule has 8 heteroatoms. The molecule has 1 aromatic carbocycles. The van der Waals surface area contributed by atoms with Gasteiger partial charge >= 0.3 is 0 Å². The third-order valence-corrected chi connectivity index (χ3v) is 4.28. The zero-order chi connectivity index (χ0) is 16.2. The maximum Gasteiger partial charge on any atom is 0.265 e. The minimum absolute atomic E-state index is 0.0352. The molecule has 0 aromatic heterocycles. The van der Waals surface area contributed by atoms with Crippen LogP contribution in [0.3, 0.4) is 0 Å². The lowest BCUT2D eigenvalue weighted by Crippen LogP contribution is -2.26. The summed E-state index contributed by atoms with van der Waals surface area (Å²) >= 11 is 5.85. The number of carbonyl (C=O) groups is 1. The minimum Gasteiger partial charge on any atom is -0.494 e. The second-order valence-corrected chi connectivity index (χ2v) is 7.83. The fourth-order valence-corrected chi connectivity index (χ4v) is 3.01. The standard InChI is InChI=1S/C13H17Cl2NO4S/c1-8(2)4-5-16-13(17)10-6-9(14)7-11(12(10)20-3)21(15,18)19/h6-8H,4-5H2,1-3H3,(H,16,17). The van der Waals surface area contributed by atoms with E-state index >= 15 is 0 Å². The summed E-state index contributed by atoms with van der Waals surface area (Å²) < 4.78 is 28.1. The highest BCUT2D eigenvalue weighted by Gasteiger charge is 2.24. The lowest BCUT2D eigenvalue weighted by molar-refractivity contribution is 0.0948. The molecule has 1 N–H and O–H groups in total. The molecule has 0 spiro atoms. The summed E-state index contributed by atoms with van der Waals surface area (Å²) in [6.07, 6.45) is 0.801. The predicted molar refractivity (Wildman–Crippen MR) is 82.8 cm³/mol. The van der Waals surface area contributed by atoms with Crippen molar-refractivity contribution in [2.75, 3.05) is 13.7 Å². The van der Waals surface area contributed by atoms with E-state index in [9.17, 15) is 13.2 Å². The van der Waals surface area contributed by atoms with Crippen molar-refractivity contribution in [1.29, 1.82) is 0 Å². The van der Waals surface area contributed by atoms with Crippen molar-refractivity contribution in [1.82, 2.24) is 5.32 Å². The molecule has 0 bridgehead atoms. The van der Waals surface area contributed by atoms with Crippen LogP contribution in [0.2, 0.25) is 5.02 Å². The fourth-order valence-electron chi connectivity index (χ4n) is 1.70. The molecule has 0 unspecified atom stereocenters. The molecular weight excluding hydrogens is 337 g/mol. The van der Waals surface area contributed by atoms with Gasteiger partial charge in [-0.2, -0.15) is 0 Å². The zero-order valence-electron chi connectivity index (χ0n) is 11.9. The van der Waals surface area contributed by atoms with Gasteiger partial charge in [0.25, 0.3) is 15.0 Å². The van der Waals surface area contributed by atoms with Gasteiger partial charge in [0.05, 0.1) is 12.7 Å². The number of nitrogens with one attached hydrogen (secondary N) is 1. The Labute approximate surface area is 134 Å². The first-order chi connectivity index (χ1) is 9.66. The van der Waals surface area contributed by atoms with E-state index in [-0.39, 0.29) is 21.2 Å². The van der Waals surface area contributed by atoms with Gasteiger partial charge in [0.15, 0.2) is 5.75 Å². The van der Waals surface area contributed by atoms with Crippen LogP contribution >= 0.6 is 22.3 Å². The molecule has 1 aromatic rings. The van der Waals surface area contributed by atoms with E-state index in [0.717, 1.165) is 12.5 Å². The first-order valence-electron chi connectivity index (χ1n) is 6.27. The van der Waals surface area contributed by atoms with Crippen molar-refractivity contribution in [3.8, 4) is 5.75 Å². The van der Waals surface area contributed by atoms with Gasteiger partial charge < -0.3 is 10.1 Å². The van der Waals surface area contributed by atoms with Gasteiger partial charge in [0, 0.05) is 22.2 Å². The second kappa shape index (κ2) is 7.33. The van der Waals surface area contributed by atoms with Gasteiger partial charge in [0.1, 0.15) is 4.90 Å². The van der Waals surface area contributed by atoms with E-state index in [2.05, 4.69) is 5.32 Å². The highest BCUT2D eigenvalue weighted by atomic mass is 35.7. The van der Waals surface area contributed by atoms with Crippen molar-refractivity contribution in [3.05, 3.63) is 22.7 Å². The molecular formula is C13H17Cl2NO4S. The highest BCUT2D eigenvalue weighted by Crippen LogP contribution is 2.33. The number of hydrogen-bond donors (Lipinski definition) is 1. The maximum absolute atomic E-state index is 12.1. The first kappa shape index (κ1) is 18.1. The van der Waals surface area contributed by atoms with Crippen molar-refractivity contribution >= 4 is 37.2 Å². The van der Waals surface area contributed by atoms with E-state index in [1.54, 1.807) is 0 Å². The Bertz CT molecular complexity index is 629. The van der Waals surface area contributed by atoms with Gasteiger partial charge in [-0.05, 0) is 24.5 Å². The van der Waals surface area contributed by atoms with Crippen molar-refractivity contribution in [2.24, 2.45) is 5.92 Å². The lowest BCUT2D eigenvalue weighted by atomic mass is 10.1. The molecule has 0 fully saturated rings. The lowest BCUT2D eigenvalue weighted by Gasteiger charge is -2.13. The number of ether oxygens (including phenoxy) is 1. The third-order valence-electron chi connectivity index (χ3n) is 2.74. The van der Waals surface area contributed by atoms with Crippen LogP contribution in [0, 0.1) is 5.92 Å². The Morgan fingerprint density at radius 2 is 2.00 bits per heavy atom. The number of rotatable bonds is 6. The molecule has 0 aliphatic carbocycles. The Hall–Kier alpha value is -0.980. The molecule has 1 rings (SSSR count). The van der Waals surface area contributed by atoms with Crippen LogP contribution < -0.4 is 10.1 Å². The Morgan fingerprint density at radius 1 is 1.38 bits per heavy atom. The molecule has 0 radical (unpaired) electrons. The van der Waals surface area contributed by atoms with E-state index in [4.69, 9.17) is 27.0 Å². The minimum atomic E-state index is -4.08. The van der Waals surface area contributed by atoms with Crippen LogP contribution in [0.1, 0.15) is 30.6 Å². The second-order valence-electron chi connectivity index (χ2n) is 4.86.